The van der Waals surface area contributed by atoms with E-state index in [0.29, 0.717) is 5.56 Å². The summed E-state index contributed by atoms with van der Waals surface area (Å²) in [4.78, 5) is 12.0. The van der Waals surface area contributed by atoms with Crippen LogP contribution in [0.15, 0.2) is 53.4 Å². The molecule has 0 saturated carbocycles. The smallest absolute Gasteiger partial charge is 0.326 e. The van der Waals surface area contributed by atoms with Crippen LogP contribution in [0.1, 0.15) is 10.9 Å². The Morgan fingerprint density at radius 2 is 1.53 bits per heavy atom. The van der Waals surface area contributed by atoms with E-state index in [1.54, 1.807) is 23.9 Å². The van der Waals surface area contributed by atoms with Crippen LogP contribution in [0.4, 0.5) is 0 Å². The van der Waals surface area contributed by atoms with Crippen molar-refractivity contribution in [2.75, 3.05) is 6.26 Å². The third kappa shape index (κ3) is 3.31. The topological polar surface area (TPSA) is 37.3 Å². The number of aliphatic carboxylic acids is 1. The highest BCUT2D eigenvalue weighted by atomic mass is 35.5. The van der Waals surface area contributed by atoms with Crippen LogP contribution in [0.25, 0.3) is 11.1 Å². The molecule has 0 fully saturated rings. The number of carboxylic acid groups (broad SMARTS) is 1. The summed E-state index contributed by atoms with van der Waals surface area (Å²) in [5, 5.41) is 7.85. The molecular weight excluding hydrogens is 280 g/mol. The summed E-state index contributed by atoms with van der Waals surface area (Å²) in [5.74, 6) is -1.03. The molecule has 0 aliphatic carbocycles. The minimum atomic E-state index is -1.03. The molecule has 0 bridgehead atoms. The van der Waals surface area contributed by atoms with Crippen LogP contribution in [0, 0.1) is 0 Å². The van der Waals surface area contributed by atoms with E-state index in [9.17, 15) is 4.79 Å². The van der Waals surface area contributed by atoms with Gasteiger partial charge < -0.3 is 5.11 Å². The number of carboxylic acids is 1. The number of hydrogen-bond donors (Lipinski definition) is 1. The Balaban J connectivity index is 2.24. The fourth-order valence-corrected chi connectivity index (χ4v) is 2.32. The summed E-state index contributed by atoms with van der Waals surface area (Å²) in [6.07, 6.45) is 2.04. The lowest BCUT2D eigenvalue weighted by atomic mass is 10.0. The van der Waals surface area contributed by atoms with Gasteiger partial charge >= 0.3 is 5.97 Å². The zero-order chi connectivity index (χ0) is 13.8. The molecule has 0 aliphatic heterocycles. The van der Waals surface area contributed by atoms with Crippen LogP contribution in [0.3, 0.4) is 0 Å². The van der Waals surface area contributed by atoms with Gasteiger partial charge in [0.15, 0.2) is 5.38 Å². The summed E-state index contributed by atoms with van der Waals surface area (Å²) in [5.41, 5.74) is 2.75. The maximum Gasteiger partial charge on any atom is 0.326 e. The van der Waals surface area contributed by atoms with Gasteiger partial charge in [0.25, 0.3) is 0 Å². The number of rotatable bonds is 4. The van der Waals surface area contributed by atoms with Crippen LogP contribution in [-0.2, 0) is 4.79 Å². The Bertz CT molecular complexity index is 564. The average molecular weight is 293 g/mol. The van der Waals surface area contributed by atoms with Gasteiger partial charge in [-0.15, -0.1) is 23.4 Å². The fraction of sp³-hybridized carbons (Fsp3) is 0.133. The lowest BCUT2D eigenvalue weighted by Crippen LogP contribution is -2.04. The van der Waals surface area contributed by atoms with Crippen molar-refractivity contribution in [1.82, 2.24) is 0 Å². The van der Waals surface area contributed by atoms with Gasteiger partial charge in [0.2, 0.25) is 0 Å². The first-order valence-electron chi connectivity index (χ1n) is 5.73. The highest BCUT2D eigenvalue weighted by molar-refractivity contribution is 7.98. The molecule has 2 rings (SSSR count). The van der Waals surface area contributed by atoms with Crippen molar-refractivity contribution in [3.05, 3.63) is 54.1 Å². The second-order valence-electron chi connectivity index (χ2n) is 4.05. The molecule has 0 amide bonds. The molecule has 0 saturated heterocycles. The van der Waals surface area contributed by atoms with E-state index in [-0.39, 0.29) is 0 Å². The summed E-state index contributed by atoms with van der Waals surface area (Å²) >= 11 is 7.48. The monoisotopic (exact) mass is 292 g/mol. The molecular formula is C15H13ClO2S. The van der Waals surface area contributed by atoms with Crippen LogP contribution in [-0.4, -0.2) is 17.3 Å². The standard InChI is InChI=1S/C15H13ClO2S/c1-19-13-8-6-11(7-9-13)10-2-4-12(5-3-10)14(16)15(17)18/h2-9,14H,1H3,(H,17,18). The number of thioether (sulfide) groups is 1. The van der Waals surface area contributed by atoms with Crippen molar-refractivity contribution >= 4 is 29.3 Å². The van der Waals surface area contributed by atoms with E-state index in [2.05, 4.69) is 24.3 Å². The van der Waals surface area contributed by atoms with Crippen molar-refractivity contribution in [2.24, 2.45) is 0 Å². The highest BCUT2D eigenvalue weighted by Gasteiger charge is 2.15. The summed E-state index contributed by atoms with van der Waals surface area (Å²) in [7, 11) is 0. The third-order valence-electron chi connectivity index (χ3n) is 2.84. The third-order valence-corrected chi connectivity index (χ3v) is 4.03. The second-order valence-corrected chi connectivity index (χ2v) is 5.37. The van der Waals surface area contributed by atoms with Crippen molar-refractivity contribution < 1.29 is 9.90 Å². The van der Waals surface area contributed by atoms with Gasteiger partial charge in [0.1, 0.15) is 0 Å². The van der Waals surface area contributed by atoms with Crippen LogP contribution >= 0.6 is 23.4 Å². The van der Waals surface area contributed by atoms with Crippen molar-refractivity contribution in [2.45, 2.75) is 10.3 Å². The Morgan fingerprint density at radius 3 is 1.95 bits per heavy atom. The SMILES string of the molecule is CSc1ccc(-c2ccc(C(Cl)C(=O)O)cc2)cc1. The summed E-state index contributed by atoms with van der Waals surface area (Å²) < 4.78 is 0. The van der Waals surface area contributed by atoms with Gasteiger partial charge in [-0.2, -0.15) is 0 Å². The lowest BCUT2D eigenvalue weighted by Gasteiger charge is -2.07. The molecule has 19 heavy (non-hydrogen) atoms. The fourth-order valence-electron chi connectivity index (χ4n) is 1.77. The molecule has 1 N–H and O–H groups in total. The maximum absolute atomic E-state index is 10.8. The molecule has 1 unspecified atom stereocenters. The predicted octanol–water partition coefficient (Wildman–Crippen LogP) is 4.44. The summed E-state index contributed by atoms with van der Waals surface area (Å²) in [6.45, 7) is 0. The zero-order valence-corrected chi connectivity index (χ0v) is 11.9. The normalized spacial score (nSPS) is 12.1. The van der Waals surface area contributed by atoms with E-state index in [1.165, 1.54) is 4.90 Å². The summed E-state index contributed by atoms with van der Waals surface area (Å²) in [6, 6.07) is 15.5. The number of hydrogen-bond acceptors (Lipinski definition) is 2. The Morgan fingerprint density at radius 1 is 1.05 bits per heavy atom. The Labute approximate surface area is 121 Å². The second kappa shape index (κ2) is 6.13. The Hall–Kier alpha value is -1.45. The first kappa shape index (κ1) is 14.0. The van der Waals surface area contributed by atoms with Crippen molar-refractivity contribution in [3.63, 3.8) is 0 Å². The first-order chi connectivity index (χ1) is 9.11. The van der Waals surface area contributed by atoms with Gasteiger partial charge in [-0.25, -0.2) is 0 Å². The number of carbonyl (C=O) groups is 1. The molecule has 2 nitrogen and oxygen atoms in total. The van der Waals surface area contributed by atoms with Crippen LogP contribution in [0.5, 0.6) is 0 Å². The van der Waals surface area contributed by atoms with E-state index in [0.717, 1.165) is 11.1 Å². The van der Waals surface area contributed by atoms with Gasteiger partial charge in [-0.3, -0.25) is 4.79 Å². The van der Waals surface area contributed by atoms with Crippen LogP contribution < -0.4 is 0 Å². The first-order valence-corrected chi connectivity index (χ1v) is 7.39. The van der Waals surface area contributed by atoms with Gasteiger partial charge in [0.05, 0.1) is 0 Å². The number of halogens is 1. The van der Waals surface area contributed by atoms with Gasteiger partial charge in [0, 0.05) is 4.90 Å². The Kier molecular flexibility index (Phi) is 4.51. The molecule has 98 valence electrons. The molecule has 0 spiro atoms. The van der Waals surface area contributed by atoms with E-state index in [4.69, 9.17) is 16.7 Å². The molecule has 0 heterocycles. The van der Waals surface area contributed by atoms with Gasteiger partial charge in [-0.05, 0) is 35.1 Å². The average Bonchev–Trinajstić information content (AvgIpc) is 2.46. The number of alkyl halides is 1. The quantitative estimate of drug-likeness (QED) is 0.668. The molecule has 2 aromatic carbocycles. The largest absolute Gasteiger partial charge is 0.480 e. The van der Waals surface area contributed by atoms with Crippen LogP contribution in [0.2, 0.25) is 0 Å². The molecule has 0 aromatic heterocycles. The van der Waals surface area contributed by atoms with E-state index < -0.39 is 11.3 Å². The van der Waals surface area contributed by atoms with Crippen molar-refractivity contribution in [3.8, 4) is 11.1 Å². The minimum absolute atomic E-state index is 0.596. The molecule has 4 heteroatoms. The van der Waals surface area contributed by atoms with E-state index in [1.807, 2.05) is 18.4 Å². The molecule has 2 aromatic rings. The minimum Gasteiger partial charge on any atom is -0.480 e. The molecule has 1 atom stereocenters. The van der Waals surface area contributed by atoms with Crippen molar-refractivity contribution in [1.29, 1.82) is 0 Å². The predicted molar refractivity (Wildman–Crippen MR) is 79.9 cm³/mol. The molecule has 0 aliphatic rings. The maximum atomic E-state index is 10.8. The zero-order valence-electron chi connectivity index (χ0n) is 10.3. The lowest BCUT2D eigenvalue weighted by molar-refractivity contribution is -0.136. The number of benzene rings is 2. The molecule has 0 radical (unpaired) electrons. The van der Waals surface area contributed by atoms with E-state index >= 15 is 0 Å². The van der Waals surface area contributed by atoms with Gasteiger partial charge in [-0.1, -0.05) is 36.4 Å². The highest BCUT2D eigenvalue weighted by Crippen LogP contribution is 2.26.